The first-order chi connectivity index (χ1) is 7.95. The van der Waals surface area contributed by atoms with Crippen LogP contribution < -0.4 is 5.32 Å². The second-order valence-corrected chi connectivity index (χ2v) is 5.13. The van der Waals surface area contributed by atoms with Crippen molar-refractivity contribution in [1.29, 1.82) is 0 Å². The zero-order valence-electron chi connectivity index (χ0n) is 10.9. The first-order valence-corrected chi connectivity index (χ1v) is 6.22. The van der Waals surface area contributed by atoms with E-state index in [1.807, 2.05) is 13.8 Å². The first kappa shape index (κ1) is 13.9. The molecule has 0 saturated carbocycles. The zero-order valence-corrected chi connectivity index (χ0v) is 11.7. The summed E-state index contributed by atoms with van der Waals surface area (Å²) in [5, 5.41) is 3.97. The first-order valence-electron chi connectivity index (χ1n) is 5.40. The molecule has 96 valence electrons. The van der Waals surface area contributed by atoms with Crippen LogP contribution in [-0.4, -0.2) is 49.6 Å². The van der Waals surface area contributed by atoms with Crippen molar-refractivity contribution in [3.63, 3.8) is 0 Å². The van der Waals surface area contributed by atoms with Gasteiger partial charge in [-0.05, 0) is 13.8 Å². The van der Waals surface area contributed by atoms with Gasteiger partial charge in [0.25, 0.3) is 5.91 Å². The normalized spacial score (nSPS) is 12.3. The van der Waals surface area contributed by atoms with E-state index >= 15 is 0 Å². The van der Waals surface area contributed by atoms with Crippen molar-refractivity contribution in [1.82, 2.24) is 9.88 Å². The summed E-state index contributed by atoms with van der Waals surface area (Å²) in [6.07, 6.45) is 0. The van der Waals surface area contributed by atoms with Crippen molar-refractivity contribution >= 4 is 22.4 Å². The average Bonchev–Trinajstić information content (AvgIpc) is 2.58. The van der Waals surface area contributed by atoms with Gasteiger partial charge >= 0.3 is 0 Å². The Morgan fingerprint density at radius 3 is 2.76 bits per heavy atom. The quantitative estimate of drug-likeness (QED) is 0.870. The van der Waals surface area contributed by atoms with E-state index in [0.29, 0.717) is 11.5 Å². The smallest absolute Gasteiger partial charge is 0.265 e. The minimum absolute atomic E-state index is 0.00700. The van der Waals surface area contributed by atoms with Gasteiger partial charge in [0.2, 0.25) is 0 Å². The van der Waals surface area contributed by atoms with Gasteiger partial charge in [-0.15, -0.1) is 0 Å². The molecule has 0 fully saturated rings. The van der Waals surface area contributed by atoms with Crippen LogP contribution in [0.2, 0.25) is 0 Å². The standard InChI is InChI=1S/C11H19N3O2S/c1-7(6-16-5)12-11-13-8(2)9(17-11)10(15)14(3)4/h7H,6H2,1-5H3,(H,12,13). The minimum atomic E-state index is -0.00700. The van der Waals surface area contributed by atoms with E-state index in [1.165, 1.54) is 11.3 Å². The molecule has 1 rings (SSSR count). The molecule has 1 aromatic heterocycles. The number of rotatable bonds is 5. The van der Waals surface area contributed by atoms with Crippen LogP contribution in [0.3, 0.4) is 0 Å². The highest BCUT2D eigenvalue weighted by Gasteiger charge is 2.17. The monoisotopic (exact) mass is 257 g/mol. The summed E-state index contributed by atoms with van der Waals surface area (Å²) in [6, 6.07) is 0.174. The molecule has 1 unspecified atom stereocenters. The maximum atomic E-state index is 11.8. The molecule has 1 aromatic rings. The van der Waals surface area contributed by atoms with Gasteiger partial charge in [-0.3, -0.25) is 4.79 Å². The summed E-state index contributed by atoms with van der Waals surface area (Å²) in [7, 11) is 5.14. The average molecular weight is 257 g/mol. The van der Waals surface area contributed by atoms with E-state index in [0.717, 1.165) is 10.8 Å². The number of hydrogen-bond donors (Lipinski definition) is 1. The molecule has 0 aliphatic heterocycles. The molecule has 1 N–H and O–H groups in total. The topological polar surface area (TPSA) is 54.5 Å². The van der Waals surface area contributed by atoms with Gasteiger partial charge in [0.1, 0.15) is 4.88 Å². The van der Waals surface area contributed by atoms with Crippen molar-refractivity contribution in [3.05, 3.63) is 10.6 Å². The number of carbonyl (C=O) groups is 1. The van der Waals surface area contributed by atoms with Gasteiger partial charge < -0.3 is 15.0 Å². The van der Waals surface area contributed by atoms with Crippen LogP contribution in [0.5, 0.6) is 0 Å². The number of carbonyl (C=O) groups excluding carboxylic acids is 1. The van der Waals surface area contributed by atoms with E-state index in [4.69, 9.17) is 4.74 Å². The van der Waals surface area contributed by atoms with Crippen molar-refractivity contribution in [2.45, 2.75) is 19.9 Å². The number of methoxy groups -OCH3 is 1. The number of nitrogens with one attached hydrogen (secondary N) is 1. The summed E-state index contributed by atoms with van der Waals surface area (Å²) in [5.41, 5.74) is 0.765. The molecular formula is C11H19N3O2S. The highest BCUT2D eigenvalue weighted by Crippen LogP contribution is 2.24. The lowest BCUT2D eigenvalue weighted by Gasteiger charge is -2.10. The molecule has 0 radical (unpaired) electrons. The number of hydrogen-bond acceptors (Lipinski definition) is 5. The molecule has 0 aliphatic carbocycles. The second-order valence-electron chi connectivity index (χ2n) is 4.13. The molecule has 0 spiro atoms. The van der Waals surface area contributed by atoms with Crippen LogP contribution in [0.4, 0.5) is 5.13 Å². The van der Waals surface area contributed by atoms with Crippen LogP contribution in [0.25, 0.3) is 0 Å². The molecule has 1 atom stereocenters. The molecular weight excluding hydrogens is 238 g/mol. The summed E-state index contributed by atoms with van der Waals surface area (Å²) >= 11 is 1.38. The fourth-order valence-corrected chi connectivity index (χ4v) is 2.46. The maximum absolute atomic E-state index is 11.8. The zero-order chi connectivity index (χ0) is 13.0. The fourth-order valence-electron chi connectivity index (χ4n) is 1.36. The van der Waals surface area contributed by atoms with Crippen molar-refractivity contribution in [2.24, 2.45) is 0 Å². The molecule has 1 amide bonds. The number of nitrogens with zero attached hydrogens (tertiary/aromatic N) is 2. The van der Waals surface area contributed by atoms with Gasteiger partial charge in [-0.2, -0.15) is 0 Å². The van der Waals surface area contributed by atoms with Gasteiger partial charge in [-0.1, -0.05) is 11.3 Å². The lowest BCUT2D eigenvalue weighted by molar-refractivity contribution is 0.0831. The van der Waals surface area contributed by atoms with E-state index in [9.17, 15) is 4.79 Å². The van der Waals surface area contributed by atoms with Crippen molar-refractivity contribution in [2.75, 3.05) is 33.1 Å². The Morgan fingerprint density at radius 1 is 1.59 bits per heavy atom. The Balaban J connectivity index is 2.78. The lowest BCUT2D eigenvalue weighted by Crippen LogP contribution is -2.21. The Hall–Kier alpha value is -1.14. The molecule has 0 saturated heterocycles. The summed E-state index contributed by atoms with van der Waals surface area (Å²) in [6.45, 7) is 4.46. The molecule has 0 aliphatic rings. The summed E-state index contributed by atoms with van der Waals surface area (Å²) in [5.74, 6) is -0.00700. The SMILES string of the molecule is COCC(C)Nc1nc(C)c(C(=O)N(C)C)s1. The van der Waals surface area contributed by atoms with Crippen LogP contribution in [-0.2, 0) is 4.74 Å². The van der Waals surface area contributed by atoms with Crippen LogP contribution in [0, 0.1) is 6.92 Å². The number of aromatic nitrogens is 1. The third-order valence-electron chi connectivity index (χ3n) is 2.18. The Kier molecular flexibility index (Phi) is 4.89. The van der Waals surface area contributed by atoms with Gasteiger partial charge in [0.05, 0.1) is 12.3 Å². The summed E-state index contributed by atoms with van der Waals surface area (Å²) < 4.78 is 5.04. The fraction of sp³-hybridized carbons (Fsp3) is 0.636. The van der Waals surface area contributed by atoms with Gasteiger partial charge in [0, 0.05) is 27.2 Å². The van der Waals surface area contributed by atoms with E-state index in [-0.39, 0.29) is 11.9 Å². The number of aryl methyl sites for hydroxylation is 1. The summed E-state index contributed by atoms with van der Waals surface area (Å²) in [4.78, 5) is 18.4. The third kappa shape index (κ3) is 3.67. The molecule has 6 heteroatoms. The largest absolute Gasteiger partial charge is 0.383 e. The lowest BCUT2D eigenvalue weighted by atomic mass is 10.3. The molecule has 1 heterocycles. The van der Waals surface area contributed by atoms with Gasteiger partial charge in [-0.25, -0.2) is 4.98 Å². The highest BCUT2D eigenvalue weighted by molar-refractivity contribution is 7.17. The van der Waals surface area contributed by atoms with Crippen molar-refractivity contribution < 1.29 is 9.53 Å². The molecule has 5 nitrogen and oxygen atoms in total. The third-order valence-corrected chi connectivity index (χ3v) is 3.26. The Bertz CT molecular complexity index is 390. The Labute approximate surface area is 106 Å². The predicted octanol–water partition coefficient (Wildman–Crippen LogP) is 1.60. The molecule has 0 bridgehead atoms. The van der Waals surface area contributed by atoms with E-state index in [2.05, 4.69) is 10.3 Å². The minimum Gasteiger partial charge on any atom is -0.383 e. The predicted molar refractivity (Wildman–Crippen MR) is 69.8 cm³/mol. The van der Waals surface area contributed by atoms with Crippen LogP contribution in [0.15, 0.2) is 0 Å². The Morgan fingerprint density at radius 2 is 2.24 bits per heavy atom. The number of anilines is 1. The molecule has 17 heavy (non-hydrogen) atoms. The number of ether oxygens (including phenoxy) is 1. The number of thiazole rings is 1. The van der Waals surface area contributed by atoms with Crippen molar-refractivity contribution in [3.8, 4) is 0 Å². The van der Waals surface area contributed by atoms with Crippen LogP contribution in [0.1, 0.15) is 22.3 Å². The van der Waals surface area contributed by atoms with E-state index in [1.54, 1.807) is 26.1 Å². The number of amides is 1. The maximum Gasteiger partial charge on any atom is 0.265 e. The highest BCUT2D eigenvalue weighted by atomic mass is 32.1. The van der Waals surface area contributed by atoms with Gasteiger partial charge in [0.15, 0.2) is 5.13 Å². The molecule has 0 aromatic carbocycles. The van der Waals surface area contributed by atoms with Crippen LogP contribution >= 0.6 is 11.3 Å². The second kappa shape index (κ2) is 5.97. The van der Waals surface area contributed by atoms with E-state index < -0.39 is 0 Å².